The van der Waals surface area contributed by atoms with E-state index in [4.69, 9.17) is 9.79 Å². The van der Waals surface area contributed by atoms with E-state index in [0.29, 0.717) is 5.39 Å². The van der Waals surface area contributed by atoms with Gasteiger partial charge in [0.1, 0.15) is 5.75 Å². The summed E-state index contributed by atoms with van der Waals surface area (Å²) in [6, 6.07) is 12.3. The predicted octanol–water partition coefficient (Wildman–Crippen LogP) is 2.31. The topological polar surface area (TPSA) is 66.8 Å². The molecule has 0 aliphatic carbocycles. The van der Waals surface area contributed by atoms with E-state index < -0.39 is 7.82 Å². The molecule has 0 saturated heterocycles. The van der Waals surface area contributed by atoms with Gasteiger partial charge in [0.05, 0.1) is 0 Å². The van der Waals surface area contributed by atoms with Gasteiger partial charge >= 0.3 is 7.82 Å². The molecule has 0 aromatic heterocycles. The van der Waals surface area contributed by atoms with Gasteiger partial charge in [-0.2, -0.15) is 0 Å². The van der Waals surface area contributed by atoms with Crippen LogP contribution in [0.15, 0.2) is 42.5 Å². The van der Waals surface area contributed by atoms with Gasteiger partial charge in [-0.25, -0.2) is 4.57 Å². The molecule has 2 N–H and O–H groups in total. The van der Waals surface area contributed by atoms with E-state index in [1.54, 1.807) is 18.2 Å². The number of fused-ring (bicyclic) bond motifs is 1. The standard InChI is InChI=1S/C10H9O4P.Ag/c11-15(12,13)14-10-7-3-5-8-4-1-2-6-9(8)10;/h1-7H,(H2,11,12,13);. The second kappa shape index (κ2) is 5.15. The van der Waals surface area contributed by atoms with Gasteiger partial charge in [0.15, 0.2) is 0 Å². The predicted molar refractivity (Wildman–Crippen MR) is 56.6 cm³/mol. The number of phosphoric acid groups is 1. The summed E-state index contributed by atoms with van der Waals surface area (Å²) in [6.45, 7) is 0. The number of hydrogen-bond donors (Lipinski definition) is 2. The van der Waals surface area contributed by atoms with Crippen LogP contribution in [0.3, 0.4) is 0 Å². The summed E-state index contributed by atoms with van der Waals surface area (Å²) in [5.41, 5.74) is 0. The Kier molecular flexibility index (Phi) is 4.33. The van der Waals surface area contributed by atoms with E-state index in [0.717, 1.165) is 5.39 Å². The Hall–Kier alpha value is -0.610. The van der Waals surface area contributed by atoms with Crippen LogP contribution in [0, 0.1) is 0 Å². The largest absolute Gasteiger partial charge is 0.524 e. The van der Waals surface area contributed by atoms with E-state index in [2.05, 4.69) is 4.52 Å². The van der Waals surface area contributed by atoms with Crippen LogP contribution in [0.1, 0.15) is 0 Å². The average molecular weight is 332 g/mol. The summed E-state index contributed by atoms with van der Waals surface area (Å²) in [4.78, 5) is 17.4. The van der Waals surface area contributed by atoms with Crippen LogP contribution in [0.25, 0.3) is 10.8 Å². The first-order chi connectivity index (χ1) is 7.06. The van der Waals surface area contributed by atoms with Crippen molar-refractivity contribution in [3.05, 3.63) is 42.5 Å². The summed E-state index contributed by atoms with van der Waals surface area (Å²) < 4.78 is 15.3. The fourth-order valence-electron chi connectivity index (χ4n) is 1.40. The molecule has 0 amide bonds. The van der Waals surface area contributed by atoms with Gasteiger partial charge in [-0.05, 0) is 11.5 Å². The molecule has 4 nitrogen and oxygen atoms in total. The minimum absolute atomic E-state index is 0. The zero-order valence-electron chi connectivity index (χ0n) is 8.00. The van der Waals surface area contributed by atoms with Gasteiger partial charge < -0.3 is 4.52 Å². The molecule has 1 radical (unpaired) electrons. The molecule has 0 atom stereocenters. The Bertz CT molecular complexity index is 532. The second-order valence-electron chi connectivity index (χ2n) is 3.06. The van der Waals surface area contributed by atoms with Crippen molar-refractivity contribution in [1.29, 1.82) is 0 Å². The van der Waals surface area contributed by atoms with Gasteiger partial charge in [-0.15, -0.1) is 0 Å². The molecule has 0 bridgehead atoms. The molecule has 2 aromatic carbocycles. The third kappa shape index (κ3) is 3.19. The van der Waals surface area contributed by atoms with Crippen molar-refractivity contribution in [2.24, 2.45) is 0 Å². The van der Waals surface area contributed by atoms with E-state index in [9.17, 15) is 4.57 Å². The van der Waals surface area contributed by atoms with Crippen molar-refractivity contribution in [3.63, 3.8) is 0 Å². The molecule has 6 heteroatoms. The number of phosphoric ester groups is 1. The average Bonchev–Trinajstić information content (AvgIpc) is 2.16. The maximum Gasteiger partial charge on any atom is 0.524 e. The molecule has 0 unspecified atom stereocenters. The Balaban J connectivity index is 0.00000128. The Morgan fingerprint density at radius 2 is 1.62 bits per heavy atom. The summed E-state index contributed by atoms with van der Waals surface area (Å²) in [5.74, 6) is 0.196. The van der Waals surface area contributed by atoms with E-state index in [-0.39, 0.29) is 28.1 Å². The summed E-state index contributed by atoms with van der Waals surface area (Å²) >= 11 is 0. The smallest absolute Gasteiger partial charge is 0.404 e. The van der Waals surface area contributed by atoms with Crippen molar-refractivity contribution in [2.75, 3.05) is 0 Å². The minimum atomic E-state index is -4.49. The van der Waals surface area contributed by atoms with Crippen molar-refractivity contribution in [1.82, 2.24) is 0 Å². The van der Waals surface area contributed by atoms with Crippen LogP contribution < -0.4 is 4.52 Å². The first kappa shape index (κ1) is 13.5. The van der Waals surface area contributed by atoms with Crippen LogP contribution in [-0.4, -0.2) is 9.79 Å². The van der Waals surface area contributed by atoms with Crippen molar-refractivity contribution < 1.29 is 41.3 Å². The zero-order valence-corrected chi connectivity index (χ0v) is 10.4. The Labute approximate surface area is 108 Å². The van der Waals surface area contributed by atoms with Crippen molar-refractivity contribution in [3.8, 4) is 5.75 Å². The van der Waals surface area contributed by atoms with Gasteiger partial charge in [0.2, 0.25) is 0 Å². The molecule has 2 rings (SSSR count). The van der Waals surface area contributed by atoms with Crippen molar-refractivity contribution in [2.45, 2.75) is 0 Å². The van der Waals surface area contributed by atoms with Gasteiger partial charge in [0.25, 0.3) is 0 Å². The molecular weight excluding hydrogens is 323 g/mol. The molecule has 0 saturated carbocycles. The molecule has 89 valence electrons. The Morgan fingerprint density at radius 3 is 2.31 bits per heavy atom. The fraction of sp³-hybridized carbons (Fsp3) is 0. The van der Waals surface area contributed by atoms with E-state index >= 15 is 0 Å². The van der Waals surface area contributed by atoms with Crippen LogP contribution in [0.5, 0.6) is 5.75 Å². The minimum Gasteiger partial charge on any atom is -0.404 e. The first-order valence-electron chi connectivity index (χ1n) is 4.29. The molecule has 16 heavy (non-hydrogen) atoms. The molecule has 0 aliphatic rings. The maximum absolute atomic E-state index is 10.7. The fourth-order valence-corrected chi connectivity index (χ4v) is 1.82. The summed E-state index contributed by atoms with van der Waals surface area (Å²) in [7, 11) is -4.49. The van der Waals surface area contributed by atoms with E-state index in [1.165, 1.54) is 6.07 Å². The van der Waals surface area contributed by atoms with Crippen LogP contribution in [0.4, 0.5) is 0 Å². The second-order valence-corrected chi connectivity index (χ2v) is 4.22. The van der Waals surface area contributed by atoms with Crippen LogP contribution >= 0.6 is 7.82 Å². The zero-order chi connectivity index (χ0) is 10.9. The van der Waals surface area contributed by atoms with Gasteiger partial charge in [0, 0.05) is 27.8 Å². The molecule has 2 aromatic rings. The molecule has 0 fully saturated rings. The maximum atomic E-state index is 10.7. The quantitative estimate of drug-likeness (QED) is 0.654. The third-order valence-electron chi connectivity index (χ3n) is 1.97. The monoisotopic (exact) mass is 331 g/mol. The molecule has 0 aliphatic heterocycles. The van der Waals surface area contributed by atoms with Crippen LogP contribution in [0.2, 0.25) is 0 Å². The third-order valence-corrected chi connectivity index (χ3v) is 2.40. The number of benzene rings is 2. The van der Waals surface area contributed by atoms with Crippen LogP contribution in [-0.2, 0) is 26.9 Å². The molecular formula is C10H9AgO4P. The number of hydrogen-bond acceptors (Lipinski definition) is 2. The van der Waals surface area contributed by atoms with Gasteiger partial charge in [-0.3, -0.25) is 9.79 Å². The summed E-state index contributed by atoms with van der Waals surface area (Å²) in [6.07, 6.45) is 0. The van der Waals surface area contributed by atoms with E-state index in [1.807, 2.05) is 18.2 Å². The Morgan fingerprint density at radius 1 is 1.00 bits per heavy atom. The van der Waals surface area contributed by atoms with Crippen molar-refractivity contribution >= 4 is 18.6 Å². The molecule has 0 spiro atoms. The summed E-state index contributed by atoms with van der Waals surface area (Å²) in [5, 5.41) is 1.56. The first-order valence-corrected chi connectivity index (χ1v) is 5.82. The number of rotatable bonds is 2. The normalized spacial score (nSPS) is 10.9. The SMILES string of the molecule is O=P(O)(O)Oc1cccc2ccccc12.[Ag]. The van der Waals surface area contributed by atoms with Gasteiger partial charge in [-0.1, -0.05) is 36.4 Å². The molecule has 0 heterocycles.